The lowest BCUT2D eigenvalue weighted by atomic mass is 10.2. The molecule has 0 aliphatic rings. The van der Waals surface area contributed by atoms with Crippen LogP contribution < -0.4 is 10.0 Å². The van der Waals surface area contributed by atoms with Gasteiger partial charge in [-0.2, -0.15) is 0 Å². The fraction of sp³-hybridized carbons (Fsp3) is 0.0455. The minimum absolute atomic E-state index is 0.0323. The molecule has 0 aliphatic carbocycles. The first-order chi connectivity index (χ1) is 15.3. The molecule has 0 aliphatic heterocycles. The summed E-state index contributed by atoms with van der Waals surface area (Å²) < 4.78 is 33.7. The molecule has 32 heavy (non-hydrogen) atoms. The van der Waals surface area contributed by atoms with Crippen LogP contribution in [0.4, 0.5) is 11.5 Å². The molecule has 2 N–H and O–H groups in total. The predicted octanol–water partition coefficient (Wildman–Crippen LogP) is 4.75. The van der Waals surface area contributed by atoms with Crippen molar-refractivity contribution in [2.45, 2.75) is 11.8 Å². The van der Waals surface area contributed by atoms with Crippen molar-refractivity contribution >= 4 is 39.0 Å². The van der Waals surface area contributed by atoms with E-state index in [-0.39, 0.29) is 16.6 Å². The summed E-state index contributed by atoms with van der Waals surface area (Å²) in [5, 5.41) is 3.00. The van der Waals surface area contributed by atoms with Crippen LogP contribution in [0.5, 0.6) is 0 Å². The number of sulfonamides is 1. The maximum atomic E-state index is 12.9. The van der Waals surface area contributed by atoms with E-state index in [1.807, 2.05) is 30.3 Å². The molecule has 1 amide bonds. The van der Waals surface area contributed by atoms with Gasteiger partial charge in [-0.1, -0.05) is 41.9 Å². The molecule has 0 saturated carbocycles. The lowest BCUT2D eigenvalue weighted by Crippen LogP contribution is -2.17. The number of aromatic nitrogens is 2. The van der Waals surface area contributed by atoms with Gasteiger partial charge in [0.15, 0.2) is 5.76 Å². The number of anilines is 2. The normalized spacial score (nSPS) is 11.2. The number of rotatable bonds is 6. The molecule has 0 unspecified atom stereocenters. The first kappa shape index (κ1) is 21.5. The molecule has 0 saturated heterocycles. The molecular weight excluding hydrogens is 452 g/mol. The van der Waals surface area contributed by atoms with Crippen LogP contribution in [0.1, 0.15) is 16.2 Å². The van der Waals surface area contributed by atoms with E-state index in [1.54, 1.807) is 31.2 Å². The topological polar surface area (TPSA) is 114 Å². The summed E-state index contributed by atoms with van der Waals surface area (Å²) in [4.78, 5) is 20.6. The molecule has 0 bridgehead atoms. The fourth-order valence-electron chi connectivity index (χ4n) is 2.88. The molecule has 10 heteroatoms. The van der Waals surface area contributed by atoms with E-state index in [0.29, 0.717) is 22.0 Å². The third-order valence-electron chi connectivity index (χ3n) is 4.44. The van der Waals surface area contributed by atoms with Gasteiger partial charge in [0.25, 0.3) is 15.9 Å². The number of oxazole rings is 1. The first-order valence-corrected chi connectivity index (χ1v) is 11.3. The first-order valence-electron chi connectivity index (χ1n) is 9.39. The molecule has 2 heterocycles. The Morgan fingerprint density at radius 1 is 1.00 bits per heavy atom. The van der Waals surface area contributed by atoms with E-state index in [1.165, 1.54) is 18.5 Å². The second-order valence-electron chi connectivity index (χ2n) is 6.80. The van der Waals surface area contributed by atoms with E-state index < -0.39 is 15.9 Å². The van der Waals surface area contributed by atoms with E-state index in [0.717, 1.165) is 5.56 Å². The molecule has 4 rings (SSSR count). The van der Waals surface area contributed by atoms with Crippen molar-refractivity contribution in [2.24, 2.45) is 0 Å². The molecule has 0 spiro atoms. The Labute approximate surface area is 189 Å². The van der Waals surface area contributed by atoms with Crippen LogP contribution >= 0.6 is 11.6 Å². The summed E-state index contributed by atoms with van der Waals surface area (Å²) in [5.41, 5.74) is 1.53. The van der Waals surface area contributed by atoms with Crippen LogP contribution in [-0.4, -0.2) is 24.3 Å². The standard InChI is InChI=1S/C22H17ClN4O4S/c1-14-12-24-20(11-19(14)32(29,30)27-17-9-7-16(23)8-10-17)26-21(28)22-25-13-18(31-22)15-5-3-2-4-6-15/h2-13,27H,1H3,(H,24,26,28). The zero-order chi connectivity index (χ0) is 22.7. The van der Waals surface area contributed by atoms with Gasteiger partial charge in [0.2, 0.25) is 0 Å². The van der Waals surface area contributed by atoms with Gasteiger partial charge in [0, 0.05) is 28.5 Å². The lowest BCUT2D eigenvalue weighted by Gasteiger charge is -2.12. The largest absolute Gasteiger partial charge is 0.432 e. The quantitative estimate of drug-likeness (QED) is 0.422. The highest BCUT2D eigenvalue weighted by atomic mass is 35.5. The van der Waals surface area contributed by atoms with Gasteiger partial charge in [0.1, 0.15) is 5.82 Å². The number of hydrogen-bond donors (Lipinski definition) is 2. The third-order valence-corrected chi connectivity index (χ3v) is 6.21. The number of carbonyl (C=O) groups is 1. The number of aryl methyl sites for hydroxylation is 1. The number of hydrogen-bond acceptors (Lipinski definition) is 6. The van der Waals surface area contributed by atoms with Crippen LogP contribution in [-0.2, 0) is 10.0 Å². The molecule has 2 aromatic heterocycles. The fourth-order valence-corrected chi connectivity index (χ4v) is 4.30. The van der Waals surface area contributed by atoms with Crippen LogP contribution in [0.25, 0.3) is 11.3 Å². The van der Waals surface area contributed by atoms with E-state index in [2.05, 4.69) is 20.0 Å². The summed E-state index contributed by atoms with van der Waals surface area (Å²) >= 11 is 5.84. The van der Waals surface area contributed by atoms with E-state index in [9.17, 15) is 13.2 Å². The number of carbonyl (C=O) groups excluding carboxylic acids is 1. The van der Waals surface area contributed by atoms with E-state index in [4.69, 9.17) is 16.0 Å². The SMILES string of the molecule is Cc1cnc(NC(=O)c2ncc(-c3ccccc3)o2)cc1S(=O)(=O)Nc1ccc(Cl)cc1. The van der Waals surface area contributed by atoms with Crippen LogP contribution in [0, 0.1) is 6.92 Å². The maximum Gasteiger partial charge on any atom is 0.312 e. The van der Waals surface area contributed by atoms with Crippen LogP contribution in [0.2, 0.25) is 5.02 Å². The molecule has 2 aromatic carbocycles. The molecular formula is C22H17ClN4O4S. The van der Waals surface area contributed by atoms with Gasteiger partial charge >= 0.3 is 5.91 Å². The Kier molecular flexibility index (Phi) is 5.93. The summed E-state index contributed by atoms with van der Waals surface area (Å²) in [6.07, 6.45) is 2.80. The zero-order valence-electron chi connectivity index (χ0n) is 16.7. The van der Waals surface area contributed by atoms with Crippen molar-refractivity contribution in [1.82, 2.24) is 9.97 Å². The number of nitrogens with zero attached hydrogens (tertiary/aromatic N) is 2. The number of benzene rings is 2. The highest BCUT2D eigenvalue weighted by Gasteiger charge is 2.20. The monoisotopic (exact) mass is 468 g/mol. The minimum Gasteiger partial charge on any atom is -0.432 e. The molecule has 162 valence electrons. The van der Waals surface area contributed by atoms with Gasteiger partial charge in [-0.3, -0.25) is 9.52 Å². The van der Waals surface area contributed by atoms with Gasteiger partial charge in [-0.15, -0.1) is 0 Å². The molecule has 0 atom stereocenters. The third kappa shape index (κ3) is 4.79. The van der Waals surface area contributed by atoms with Gasteiger partial charge in [0.05, 0.1) is 11.1 Å². The van der Waals surface area contributed by atoms with Gasteiger partial charge in [-0.25, -0.2) is 18.4 Å². The molecule has 4 aromatic rings. The van der Waals surface area contributed by atoms with Gasteiger partial charge < -0.3 is 9.73 Å². The highest BCUT2D eigenvalue weighted by Crippen LogP contribution is 2.24. The summed E-state index contributed by atoms with van der Waals surface area (Å²) in [5.74, 6) is -0.355. The van der Waals surface area contributed by atoms with Crippen molar-refractivity contribution in [3.63, 3.8) is 0 Å². The minimum atomic E-state index is -3.94. The number of pyridine rings is 1. The van der Waals surface area contributed by atoms with Crippen LogP contribution in [0.15, 0.2) is 82.4 Å². The summed E-state index contributed by atoms with van der Waals surface area (Å²) in [6.45, 7) is 1.61. The Balaban J connectivity index is 1.54. The molecule has 8 nitrogen and oxygen atoms in total. The highest BCUT2D eigenvalue weighted by molar-refractivity contribution is 7.92. The lowest BCUT2D eigenvalue weighted by molar-refractivity contribution is 0.0990. The number of halogens is 1. The summed E-state index contributed by atoms with van der Waals surface area (Å²) in [6, 6.07) is 16.7. The van der Waals surface area contributed by atoms with Crippen molar-refractivity contribution in [2.75, 3.05) is 10.0 Å². The second-order valence-corrected chi connectivity index (χ2v) is 8.88. The Bertz CT molecular complexity index is 1370. The van der Waals surface area contributed by atoms with E-state index >= 15 is 0 Å². The van der Waals surface area contributed by atoms with Crippen LogP contribution in [0.3, 0.4) is 0 Å². The number of amides is 1. The Morgan fingerprint density at radius 3 is 2.44 bits per heavy atom. The average Bonchev–Trinajstić information content (AvgIpc) is 3.28. The maximum absolute atomic E-state index is 12.9. The second kappa shape index (κ2) is 8.81. The van der Waals surface area contributed by atoms with Crippen molar-refractivity contribution in [3.05, 3.63) is 89.5 Å². The average molecular weight is 469 g/mol. The van der Waals surface area contributed by atoms with Crippen molar-refractivity contribution in [3.8, 4) is 11.3 Å². The number of nitrogens with one attached hydrogen (secondary N) is 2. The summed E-state index contributed by atoms with van der Waals surface area (Å²) in [7, 11) is -3.94. The Hall–Kier alpha value is -3.69. The zero-order valence-corrected chi connectivity index (χ0v) is 18.3. The molecule has 0 fully saturated rings. The van der Waals surface area contributed by atoms with Gasteiger partial charge in [-0.05, 0) is 36.8 Å². The van der Waals surface area contributed by atoms with Crippen molar-refractivity contribution in [1.29, 1.82) is 0 Å². The smallest absolute Gasteiger partial charge is 0.312 e. The van der Waals surface area contributed by atoms with Crippen molar-refractivity contribution < 1.29 is 17.6 Å². The molecule has 0 radical (unpaired) electrons. The predicted molar refractivity (Wildman–Crippen MR) is 121 cm³/mol. The Morgan fingerprint density at radius 2 is 1.72 bits per heavy atom.